The highest BCUT2D eigenvalue weighted by Crippen LogP contribution is 2.22. The third kappa shape index (κ3) is 6.72. The number of carboxylic acids is 1. The SMILES string of the molecule is COCCN(CC(=O)O)CC(=O)Nc1ncc(Cl)cc1Cl. The van der Waals surface area contributed by atoms with Gasteiger partial charge in [-0.3, -0.25) is 14.5 Å². The molecule has 1 aromatic heterocycles. The second-order valence-electron chi connectivity index (χ2n) is 4.13. The zero-order chi connectivity index (χ0) is 15.8. The van der Waals surface area contributed by atoms with Crippen LogP contribution < -0.4 is 5.32 Å². The first kappa shape index (κ1) is 17.6. The van der Waals surface area contributed by atoms with Crippen LogP contribution in [-0.4, -0.2) is 60.2 Å². The first-order valence-electron chi connectivity index (χ1n) is 5.96. The molecule has 0 aromatic carbocycles. The third-order valence-electron chi connectivity index (χ3n) is 2.40. The molecule has 1 aromatic rings. The second kappa shape index (κ2) is 8.78. The van der Waals surface area contributed by atoms with Crippen LogP contribution in [0, 0.1) is 0 Å². The molecule has 21 heavy (non-hydrogen) atoms. The summed E-state index contributed by atoms with van der Waals surface area (Å²) in [6.45, 7) is 0.257. The molecule has 0 spiro atoms. The topological polar surface area (TPSA) is 91.8 Å². The molecule has 1 rings (SSSR count). The van der Waals surface area contributed by atoms with Gasteiger partial charge in [-0.05, 0) is 6.07 Å². The van der Waals surface area contributed by atoms with Gasteiger partial charge in [-0.1, -0.05) is 23.2 Å². The van der Waals surface area contributed by atoms with Gasteiger partial charge in [0.15, 0.2) is 5.82 Å². The highest BCUT2D eigenvalue weighted by Gasteiger charge is 2.15. The number of carbonyl (C=O) groups is 2. The van der Waals surface area contributed by atoms with E-state index in [-0.39, 0.29) is 23.9 Å². The number of rotatable bonds is 8. The number of halogens is 2. The van der Waals surface area contributed by atoms with Crippen molar-refractivity contribution in [1.29, 1.82) is 0 Å². The van der Waals surface area contributed by atoms with E-state index in [9.17, 15) is 9.59 Å². The third-order valence-corrected chi connectivity index (χ3v) is 2.90. The van der Waals surface area contributed by atoms with Crippen molar-refractivity contribution >= 4 is 40.9 Å². The molecule has 0 unspecified atom stereocenters. The first-order chi connectivity index (χ1) is 9.92. The van der Waals surface area contributed by atoms with Crippen LogP contribution in [0.4, 0.5) is 5.82 Å². The fourth-order valence-electron chi connectivity index (χ4n) is 1.51. The Morgan fingerprint density at radius 2 is 2.14 bits per heavy atom. The number of hydrogen-bond acceptors (Lipinski definition) is 5. The Hall–Kier alpha value is -1.41. The van der Waals surface area contributed by atoms with Gasteiger partial charge >= 0.3 is 5.97 Å². The molecule has 1 heterocycles. The lowest BCUT2D eigenvalue weighted by atomic mass is 10.4. The summed E-state index contributed by atoms with van der Waals surface area (Å²) in [6, 6.07) is 1.45. The van der Waals surface area contributed by atoms with Crippen molar-refractivity contribution in [3.8, 4) is 0 Å². The van der Waals surface area contributed by atoms with Crippen molar-refractivity contribution in [3.63, 3.8) is 0 Å². The second-order valence-corrected chi connectivity index (χ2v) is 4.97. The number of hydrogen-bond donors (Lipinski definition) is 2. The van der Waals surface area contributed by atoms with Crippen LogP contribution in [0.25, 0.3) is 0 Å². The molecule has 0 saturated heterocycles. The molecule has 0 aliphatic heterocycles. The number of ether oxygens (including phenoxy) is 1. The van der Waals surface area contributed by atoms with Gasteiger partial charge in [0.25, 0.3) is 0 Å². The highest BCUT2D eigenvalue weighted by molar-refractivity contribution is 6.36. The molecule has 0 atom stereocenters. The monoisotopic (exact) mass is 335 g/mol. The van der Waals surface area contributed by atoms with E-state index in [0.717, 1.165) is 0 Å². The number of anilines is 1. The average Bonchev–Trinajstić information content (AvgIpc) is 2.38. The van der Waals surface area contributed by atoms with Crippen LogP contribution >= 0.6 is 23.2 Å². The minimum Gasteiger partial charge on any atom is -0.480 e. The van der Waals surface area contributed by atoms with Gasteiger partial charge in [0.1, 0.15) is 0 Å². The molecule has 0 aliphatic rings. The normalized spacial score (nSPS) is 10.7. The molecular formula is C12H15Cl2N3O4. The van der Waals surface area contributed by atoms with Crippen molar-refractivity contribution in [3.05, 3.63) is 22.3 Å². The van der Waals surface area contributed by atoms with Crippen LogP contribution in [0.1, 0.15) is 0 Å². The van der Waals surface area contributed by atoms with E-state index in [4.69, 9.17) is 33.0 Å². The molecular weight excluding hydrogens is 321 g/mol. The fourth-order valence-corrected chi connectivity index (χ4v) is 1.93. The van der Waals surface area contributed by atoms with Crippen LogP contribution in [0.5, 0.6) is 0 Å². The highest BCUT2D eigenvalue weighted by atomic mass is 35.5. The van der Waals surface area contributed by atoms with Crippen LogP contribution in [0.2, 0.25) is 10.0 Å². The van der Waals surface area contributed by atoms with Crippen LogP contribution in [0.15, 0.2) is 12.3 Å². The van der Waals surface area contributed by atoms with E-state index < -0.39 is 11.9 Å². The molecule has 0 fully saturated rings. The molecule has 0 saturated carbocycles. The Balaban J connectivity index is 2.61. The number of carbonyl (C=O) groups excluding carboxylic acids is 1. The molecule has 2 N–H and O–H groups in total. The Kier molecular flexibility index (Phi) is 7.38. The number of nitrogens with one attached hydrogen (secondary N) is 1. The maximum Gasteiger partial charge on any atom is 0.317 e. The Bertz CT molecular complexity index is 513. The predicted molar refractivity (Wildman–Crippen MR) is 78.8 cm³/mol. The maximum atomic E-state index is 11.9. The van der Waals surface area contributed by atoms with Crippen molar-refractivity contribution in [1.82, 2.24) is 9.88 Å². The summed E-state index contributed by atoms with van der Waals surface area (Å²) in [7, 11) is 1.50. The van der Waals surface area contributed by atoms with Crippen molar-refractivity contribution in [2.75, 3.05) is 38.7 Å². The van der Waals surface area contributed by atoms with E-state index in [2.05, 4.69) is 10.3 Å². The number of carboxylic acid groups (broad SMARTS) is 1. The zero-order valence-corrected chi connectivity index (χ0v) is 12.8. The summed E-state index contributed by atoms with van der Waals surface area (Å²) in [6.07, 6.45) is 1.35. The Morgan fingerprint density at radius 3 is 2.71 bits per heavy atom. The smallest absolute Gasteiger partial charge is 0.317 e. The summed E-state index contributed by atoms with van der Waals surface area (Å²) in [5.74, 6) is -1.28. The predicted octanol–water partition coefficient (Wildman–Crippen LogP) is 1.36. The van der Waals surface area contributed by atoms with Gasteiger partial charge in [-0.25, -0.2) is 4.98 Å². The largest absolute Gasteiger partial charge is 0.480 e. The first-order valence-corrected chi connectivity index (χ1v) is 6.72. The summed E-state index contributed by atoms with van der Waals surface area (Å²) in [5.41, 5.74) is 0. The van der Waals surface area contributed by atoms with E-state index in [1.165, 1.54) is 24.3 Å². The Morgan fingerprint density at radius 1 is 1.43 bits per heavy atom. The number of pyridine rings is 1. The molecule has 0 bridgehead atoms. The number of aliphatic carboxylic acids is 1. The summed E-state index contributed by atoms with van der Waals surface area (Å²) >= 11 is 11.6. The fraction of sp³-hybridized carbons (Fsp3) is 0.417. The van der Waals surface area contributed by atoms with Gasteiger partial charge < -0.3 is 15.2 Å². The van der Waals surface area contributed by atoms with Crippen molar-refractivity contribution in [2.24, 2.45) is 0 Å². The lowest BCUT2D eigenvalue weighted by Gasteiger charge is -2.19. The van der Waals surface area contributed by atoms with Gasteiger partial charge in [0, 0.05) is 19.9 Å². The lowest BCUT2D eigenvalue weighted by molar-refractivity contribution is -0.138. The van der Waals surface area contributed by atoms with Crippen molar-refractivity contribution in [2.45, 2.75) is 0 Å². The quantitative estimate of drug-likeness (QED) is 0.745. The zero-order valence-electron chi connectivity index (χ0n) is 11.3. The Labute approximate surface area is 131 Å². The van der Waals surface area contributed by atoms with E-state index in [1.54, 1.807) is 0 Å². The summed E-state index contributed by atoms with van der Waals surface area (Å²) in [5, 5.41) is 11.9. The van der Waals surface area contributed by atoms with Gasteiger partial charge in [0.05, 0.1) is 29.7 Å². The van der Waals surface area contributed by atoms with Crippen LogP contribution in [0.3, 0.4) is 0 Å². The van der Waals surface area contributed by atoms with E-state index >= 15 is 0 Å². The molecule has 1 amide bonds. The summed E-state index contributed by atoms with van der Waals surface area (Å²) < 4.78 is 4.87. The van der Waals surface area contributed by atoms with Gasteiger partial charge in [-0.2, -0.15) is 0 Å². The average molecular weight is 336 g/mol. The molecule has 116 valence electrons. The number of amides is 1. The molecule has 0 aliphatic carbocycles. The number of methoxy groups -OCH3 is 1. The van der Waals surface area contributed by atoms with E-state index in [1.807, 2.05) is 0 Å². The number of aromatic nitrogens is 1. The molecule has 9 heteroatoms. The van der Waals surface area contributed by atoms with Crippen molar-refractivity contribution < 1.29 is 19.4 Å². The summed E-state index contributed by atoms with van der Waals surface area (Å²) in [4.78, 5) is 28.0. The maximum absolute atomic E-state index is 11.9. The minimum absolute atomic E-state index is 0.115. The number of nitrogens with zero attached hydrogens (tertiary/aromatic N) is 2. The van der Waals surface area contributed by atoms with Gasteiger partial charge in [-0.15, -0.1) is 0 Å². The van der Waals surface area contributed by atoms with Gasteiger partial charge in [0.2, 0.25) is 5.91 Å². The molecule has 7 nitrogen and oxygen atoms in total. The minimum atomic E-state index is -1.03. The molecule has 0 radical (unpaired) electrons. The lowest BCUT2D eigenvalue weighted by Crippen LogP contribution is -2.39. The van der Waals surface area contributed by atoms with Crippen LogP contribution in [-0.2, 0) is 14.3 Å². The van der Waals surface area contributed by atoms with E-state index in [0.29, 0.717) is 18.2 Å². The standard InChI is InChI=1S/C12H15Cl2N3O4/c1-21-3-2-17(7-11(19)20)6-10(18)16-12-9(14)4-8(13)5-15-12/h4-5H,2-3,6-7H2,1H3,(H,19,20)(H,15,16,18).